The Hall–Kier alpha value is -0.940. The number of likely N-dealkylation sites (tertiary alicyclic amines) is 2. The lowest BCUT2D eigenvalue weighted by Gasteiger charge is -2.39. The average molecular weight is 364 g/mol. The monoisotopic (exact) mass is 363 g/mol. The third-order valence-electron chi connectivity index (χ3n) is 6.59. The summed E-state index contributed by atoms with van der Waals surface area (Å²) in [6.45, 7) is 8.40. The fourth-order valence-electron chi connectivity index (χ4n) is 5.10. The van der Waals surface area contributed by atoms with E-state index in [9.17, 15) is 9.59 Å². The maximum atomic E-state index is 12.5. The molecule has 0 radical (unpaired) electrons. The largest absolute Gasteiger partial charge is 0.335 e. The zero-order chi connectivity index (χ0) is 18.4. The fraction of sp³-hybridized carbons (Fsp3) is 0.905. The van der Waals surface area contributed by atoms with Crippen molar-refractivity contribution in [3.8, 4) is 0 Å². The number of amides is 1. The van der Waals surface area contributed by atoms with Crippen LogP contribution in [0.2, 0.25) is 0 Å². The number of rotatable bonds is 7. The van der Waals surface area contributed by atoms with E-state index in [4.69, 9.17) is 0 Å². The third kappa shape index (κ3) is 5.53. The zero-order valence-electron chi connectivity index (χ0n) is 16.6. The van der Waals surface area contributed by atoms with Gasteiger partial charge in [0.05, 0.1) is 0 Å². The number of carbonyl (C=O) groups excluding carboxylic acids is 2. The van der Waals surface area contributed by atoms with E-state index < -0.39 is 0 Å². The molecule has 0 aromatic carbocycles. The average Bonchev–Trinajstić information content (AvgIpc) is 3.20. The van der Waals surface area contributed by atoms with E-state index in [2.05, 4.69) is 9.80 Å². The van der Waals surface area contributed by atoms with Gasteiger partial charge in [0, 0.05) is 39.1 Å². The molecule has 1 atom stereocenters. The van der Waals surface area contributed by atoms with Crippen LogP contribution in [-0.2, 0) is 9.59 Å². The lowest BCUT2D eigenvalue weighted by atomic mass is 9.95. The molecule has 0 aromatic heterocycles. The minimum Gasteiger partial charge on any atom is -0.335 e. The second-order valence-electron chi connectivity index (χ2n) is 8.65. The first-order chi connectivity index (χ1) is 12.6. The van der Waals surface area contributed by atoms with Crippen LogP contribution >= 0.6 is 0 Å². The third-order valence-corrected chi connectivity index (χ3v) is 6.59. The van der Waals surface area contributed by atoms with Crippen LogP contribution in [-0.4, -0.2) is 78.2 Å². The Morgan fingerprint density at radius 2 is 1.65 bits per heavy atom. The highest BCUT2D eigenvalue weighted by atomic mass is 16.2. The molecular weight excluding hydrogens is 326 g/mol. The van der Waals surface area contributed by atoms with E-state index in [1.165, 1.54) is 71.3 Å². The molecule has 2 aliphatic heterocycles. The summed E-state index contributed by atoms with van der Waals surface area (Å²) in [4.78, 5) is 31.2. The SMILES string of the molecule is CC(=O)C(=O)N(CCN1CCCCC1)CC1CCCN(C2CCCC2)C1. The van der Waals surface area contributed by atoms with Crippen molar-refractivity contribution in [3.63, 3.8) is 0 Å². The molecule has 2 saturated heterocycles. The van der Waals surface area contributed by atoms with E-state index >= 15 is 0 Å². The first-order valence-electron chi connectivity index (χ1n) is 10.9. The van der Waals surface area contributed by atoms with Crippen LogP contribution in [0.5, 0.6) is 0 Å². The van der Waals surface area contributed by atoms with Gasteiger partial charge in [-0.1, -0.05) is 19.3 Å². The Bertz CT molecular complexity index is 470. The second kappa shape index (κ2) is 9.84. The Morgan fingerprint density at radius 1 is 0.923 bits per heavy atom. The van der Waals surface area contributed by atoms with Crippen molar-refractivity contribution < 1.29 is 9.59 Å². The maximum absolute atomic E-state index is 12.5. The Morgan fingerprint density at radius 3 is 2.35 bits per heavy atom. The smallest absolute Gasteiger partial charge is 0.289 e. The topological polar surface area (TPSA) is 43.9 Å². The molecular formula is C21H37N3O2. The summed E-state index contributed by atoms with van der Waals surface area (Å²) in [5.74, 6) is -0.0684. The van der Waals surface area contributed by atoms with Crippen LogP contribution in [0, 0.1) is 5.92 Å². The quantitative estimate of drug-likeness (QED) is 0.652. The van der Waals surface area contributed by atoms with Crippen LogP contribution in [0.1, 0.15) is 64.7 Å². The van der Waals surface area contributed by atoms with Crippen molar-refractivity contribution in [2.24, 2.45) is 5.92 Å². The molecule has 2 heterocycles. The number of hydrogen-bond acceptors (Lipinski definition) is 4. The fourth-order valence-corrected chi connectivity index (χ4v) is 5.10. The van der Waals surface area contributed by atoms with E-state index in [1.807, 2.05) is 4.90 Å². The molecule has 1 aliphatic carbocycles. The summed E-state index contributed by atoms with van der Waals surface area (Å²) >= 11 is 0. The normalized spacial score (nSPS) is 26.1. The summed E-state index contributed by atoms with van der Waals surface area (Å²) in [6.07, 6.45) is 11.7. The number of ketones is 1. The highest BCUT2D eigenvalue weighted by molar-refractivity contribution is 6.35. The van der Waals surface area contributed by atoms with Gasteiger partial charge in [-0.15, -0.1) is 0 Å². The van der Waals surface area contributed by atoms with Crippen molar-refractivity contribution in [1.29, 1.82) is 0 Å². The standard InChI is InChI=1S/C21H37N3O2/c1-18(25)21(26)24(15-14-22-11-5-2-6-12-22)17-19-8-7-13-23(16-19)20-9-3-4-10-20/h19-20H,2-17H2,1H3. The molecule has 3 fully saturated rings. The van der Waals surface area contributed by atoms with Crippen LogP contribution in [0.3, 0.4) is 0 Å². The highest BCUT2D eigenvalue weighted by Crippen LogP contribution is 2.28. The van der Waals surface area contributed by atoms with Crippen molar-refractivity contribution in [1.82, 2.24) is 14.7 Å². The van der Waals surface area contributed by atoms with Gasteiger partial charge in [0.2, 0.25) is 5.78 Å². The maximum Gasteiger partial charge on any atom is 0.289 e. The van der Waals surface area contributed by atoms with E-state index in [0.29, 0.717) is 12.5 Å². The molecule has 0 spiro atoms. The second-order valence-corrected chi connectivity index (χ2v) is 8.65. The number of piperidine rings is 2. The molecule has 0 bridgehead atoms. The summed E-state index contributed by atoms with van der Waals surface area (Å²) in [5, 5.41) is 0. The lowest BCUT2D eigenvalue weighted by Crippen LogP contribution is -2.48. The van der Waals surface area contributed by atoms with Gasteiger partial charge in [0.1, 0.15) is 0 Å². The van der Waals surface area contributed by atoms with Gasteiger partial charge < -0.3 is 14.7 Å². The molecule has 5 heteroatoms. The molecule has 3 rings (SSSR count). The van der Waals surface area contributed by atoms with Crippen molar-refractivity contribution in [2.45, 2.75) is 70.8 Å². The molecule has 0 aromatic rings. The minimum absolute atomic E-state index is 0.278. The number of nitrogens with zero attached hydrogens (tertiary/aromatic N) is 3. The predicted molar refractivity (Wildman–Crippen MR) is 104 cm³/mol. The summed E-state index contributed by atoms with van der Waals surface area (Å²) in [6, 6.07) is 0.767. The molecule has 26 heavy (non-hydrogen) atoms. The van der Waals surface area contributed by atoms with Crippen LogP contribution in [0.4, 0.5) is 0 Å². The van der Waals surface area contributed by atoms with Crippen molar-refractivity contribution in [2.75, 3.05) is 45.8 Å². The van der Waals surface area contributed by atoms with Gasteiger partial charge in [-0.3, -0.25) is 9.59 Å². The Kier molecular flexibility index (Phi) is 7.50. The minimum atomic E-state index is -0.313. The van der Waals surface area contributed by atoms with Crippen LogP contribution in [0.25, 0.3) is 0 Å². The van der Waals surface area contributed by atoms with Gasteiger partial charge in [0.25, 0.3) is 5.91 Å². The first-order valence-corrected chi connectivity index (χ1v) is 10.9. The van der Waals surface area contributed by atoms with Crippen LogP contribution < -0.4 is 0 Å². The molecule has 148 valence electrons. The van der Waals surface area contributed by atoms with E-state index in [0.717, 1.165) is 38.8 Å². The highest BCUT2D eigenvalue weighted by Gasteiger charge is 2.30. The zero-order valence-corrected chi connectivity index (χ0v) is 16.6. The van der Waals surface area contributed by atoms with Gasteiger partial charge in [0.15, 0.2) is 0 Å². The lowest BCUT2D eigenvalue weighted by molar-refractivity contribution is -0.144. The first kappa shape index (κ1) is 19.8. The van der Waals surface area contributed by atoms with Gasteiger partial charge >= 0.3 is 0 Å². The van der Waals surface area contributed by atoms with E-state index in [-0.39, 0.29) is 11.7 Å². The Labute approximate surface area is 159 Å². The number of hydrogen-bond donors (Lipinski definition) is 0. The van der Waals surface area contributed by atoms with E-state index in [1.54, 1.807) is 0 Å². The summed E-state index contributed by atoms with van der Waals surface area (Å²) in [5.41, 5.74) is 0. The molecule has 1 saturated carbocycles. The molecule has 0 N–H and O–H groups in total. The van der Waals surface area contributed by atoms with Gasteiger partial charge in [-0.2, -0.15) is 0 Å². The van der Waals surface area contributed by atoms with Gasteiger partial charge in [-0.05, 0) is 64.1 Å². The molecule has 3 aliphatic rings. The number of carbonyl (C=O) groups is 2. The van der Waals surface area contributed by atoms with Crippen molar-refractivity contribution in [3.05, 3.63) is 0 Å². The molecule has 1 amide bonds. The predicted octanol–water partition coefficient (Wildman–Crippen LogP) is 2.54. The van der Waals surface area contributed by atoms with Crippen molar-refractivity contribution >= 4 is 11.7 Å². The Balaban J connectivity index is 1.53. The molecule has 1 unspecified atom stereocenters. The van der Waals surface area contributed by atoms with Crippen LogP contribution in [0.15, 0.2) is 0 Å². The number of Topliss-reactive ketones (excluding diaryl/α,β-unsaturated/α-hetero) is 1. The summed E-state index contributed by atoms with van der Waals surface area (Å²) in [7, 11) is 0. The molecule has 5 nitrogen and oxygen atoms in total. The van der Waals surface area contributed by atoms with Gasteiger partial charge in [-0.25, -0.2) is 0 Å². The summed E-state index contributed by atoms with van der Waals surface area (Å²) < 4.78 is 0.